The van der Waals surface area contributed by atoms with E-state index in [4.69, 9.17) is 29.9 Å². The van der Waals surface area contributed by atoms with Crippen LogP contribution in [0.5, 0.6) is 0 Å². The minimum atomic E-state index is -0.513. The van der Waals surface area contributed by atoms with Crippen molar-refractivity contribution < 1.29 is 2.74 Å². The Labute approximate surface area is 341 Å². The number of hydrogen-bond donors (Lipinski definition) is 0. The lowest BCUT2D eigenvalue weighted by Crippen LogP contribution is -2.42. The van der Waals surface area contributed by atoms with E-state index in [0.717, 1.165) is 49.6 Å². The first-order valence-corrected chi connectivity index (χ1v) is 19.7. The van der Waals surface area contributed by atoms with E-state index in [0.29, 0.717) is 34.5 Å². The van der Waals surface area contributed by atoms with Crippen molar-refractivity contribution in [3.8, 4) is 62.9 Å². The van der Waals surface area contributed by atoms with Gasteiger partial charge in [-0.15, -0.1) is 0 Å². The topological polar surface area (TPSA) is 82.3 Å². The maximum atomic E-state index is 10.4. The lowest BCUT2D eigenvalue weighted by atomic mass is 9.59. The van der Waals surface area contributed by atoms with Gasteiger partial charge in [-0.2, -0.15) is 9.97 Å². The van der Waals surface area contributed by atoms with Crippen molar-refractivity contribution in [2.75, 3.05) is 0 Å². The van der Waals surface area contributed by atoms with Gasteiger partial charge in [0.1, 0.15) is 0 Å². The summed E-state index contributed by atoms with van der Waals surface area (Å²) in [6.45, 7) is 13.3. The monoisotopic (exact) mass is 755 g/mol. The second-order valence-corrected chi connectivity index (χ2v) is 16.7. The molecule has 0 saturated carbocycles. The number of hydrogen-bond acceptors (Lipinski definition) is 6. The summed E-state index contributed by atoms with van der Waals surface area (Å²) < 4.78 is 22.9. The second kappa shape index (κ2) is 13.1. The molecule has 3 aromatic heterocycles. The molecule has 0 unspecified atom stereocenters. The number of aromatic nitrogens is 7. The molecule has 0 saturated heterocycles. The average Bonchev–Trinajstić information content (AvgIpc) is 3.66. The molecule has 0 amide bonds. The van der Waals surface area contributed by atoms with Gasteiger partial charge in [-0.25, -0.2) is 19.9 Å². The number of fused-ring (bicyclic) bond motifs is 4. The zero-order chi connectivity index (χ0) is 41.6. The third kappa shape index (κ3) is 5.41. The summed E-state index contributed by atoms with van der Waals surface area (Å²) in [5.74, 6) is 2.31. The summed E-state index contributed by atoms with van der Waals surface area (Å²) in [4.78, 5) is 31.1. The van der Waals surface area contributed by atoms with Gasteiger partial charge in [0.05, 0.1) is 13.8 Å². The molecule has 7 heteroatoms. The molecule has 0 N–H and O–H groups in total. The number of nitrogens with zero attached hydrogens (tertiary/aromatic N) is 7. The highest BCUT2D eigenvalue weighted by Crippen LogP contribution is 2.62. The van der Waals surface area contributed by atoms with E-state index in [1.807, 2.05) is 115 Å². The van der Waals surface area contributed by atoms with Gasteiger partial charge >= 0.3 is 0 Å². The average molecular weight is 756 g/mol. The summed E-state index contributed by atoms with van der Waals surface area (Å²) in [5.41, 5.74) is 5.30. The minimum absolute atomic E-state index is 0.251. The SMILES string of the molecule is [2H]c1c(-c2nc(-c3ccccc3)nc(-c3ccccc3)n2)c(-c2nc(-c3ccccc3)nc(-n3c4ccccc4c4ccccc43)n2)c([2H])c2c1C(C)(C)C(C)(C)C2(C)C. The molecule has 9 aromatic rings. The molecular weight excluding hydrogens is 711 g/mol. The number of para-hydroxylation sites is 2. The van der Waals surface area contributed by atoms with E-state index >= 15 is 0 Å². The molecule has 0 spiro atoms. The zero-order valence-electron chi connectivity index (χ0n) is 35.4. The highest BCUT2D eigenvalue weighted by Gasteiger charge is 2.57. The quantitative estimate of drug-likeness (QED) is 0.168. The van der Waals surface area contributed by atoms with Gasteiger partial charge in [0.25, 0.3) is 0 Å². The predicted molar refractivity (Wildman–Crippen MR) is 235 cm³/mol. The Balaban J connectivity index is 1.36. The maximum Gasteiger partial charge on any atom is 0.238 e. The standard InChI is InChI=1S/C51H43N7/c1-49(2)39-30-37(46-53-43(32-20-10-7-11-21-32)52-44(54-46)33-22-12-8-13-23-33)38(31-40(39)50(3,4)51(49,5)6)47-55-45(34-24-14-9-15-25-34)56-48(57-47)58-41-28-18-16-26-35(41)36-27-17-19-29-42(36)58/h7-31H,1-6H3/i30D,31D. The molecule has 6 aromatic carbocycles. The van der Waals surface area contributed by atoms with E-state index in [1.54, 1.807) is 0 Å². The van der Waals surface area contributed by atoms with E-state index in [1.165, 1.54) is 0 Å². The van der Waals surface area contributed by atoms with Gasteiger partial charge in [-0.1, -0.05) is 169 Å². The minimum Gasteiger partial charge on any atom is -0.278 e. The van der Waals surface area contributed by atoms with Crippen LogP contribution >= 0.6 is 0 Å². The Hall–Kier alpha value is -6.86. The maximum absolute atomic E-state index is 10.4. The van der Waals surface area contributed by atoms with Gasteiger partial charge in [0, 0.05) is 38.6 Å². The van der Waals surface area contributed by atoms with Crippen LogP contribution in [-0.2, 0) is 10.8 Å². The molecule has 58 heavy (non-hydrogen) atoms. The smallest absolute Gasteiger partial charge is 0.238 e. The first kappa shape index (κ1) is 33.3. The van der Waals surface area contributed by atoms with Crippen molar-refractivity contribution in [3.05, 3.63) is 163 Å². The molecule has 0 aliphatic heterocycles. The molecule has 10 rings (SSSR count). The van der Waals surface area contributed by atoms with Crippen LogP contribution in [0.25, 0.3) is 84.7 Å². The van der Waals surface area contributed by atoms with Gasteiger partial charge in [-0.05, 0) is 51.6 Å². The fourth-order valence-corrected chi connectivity index (χ4v) is 8.53. The summed E-state index contributed by atoms with van der Waals surface area (Å²) >= 11 is 0. The largest absolute Gasteiger partial charge is 0.278 e. The predicted octanol–water partition coefficient (Wildman–Crippen LogP) is 12.1. The summed E-state index contributed by atoms with van der Waals surface area (Å²) in [7, 11) is 0. The molecule has 3 heterocycles. The van der Waals surface area contributed by atoms with Crippen molar-refractivity contribution in [1.82, 2.24) is 34.5 Å². The molecule has 0 fully saturated rings. The molecule has 1 aliphatic rings. The Morgan fingerprint density at radius 2 is 0.724 bits per heavy atom. The van der Waals surface area contributed by atoms with Crippen LogP contribution in [0.4, 0.5) is 0 Å². The Morgan fingerprint density at radius 1 is 0.397 bits per heavy atom. The van der Waals surface area contributed by atoms with Gasteiger partial charge < -0.3 is 0 Å². The molecule has 0 atom stereocenters. The normalized spacial score (nSPS) is 15.6. The van der Waals surface area contributed by atoms with Crippen LogP contribution in [0.2, 0.25) is 0 Å². The molecule has 0 radical (unpaired) electrons. The van der Waals surface area contributed by atoms with Crippen molar-refractivity contribution in [2.24, 2.45) is 5.41 Å². The third-order valence-corrected chi connectivity index (χ3v) is 13.0. The fourth-order valence-electron chi connectivity index (χ4n) is 8.53. The summed E-state index contributed by atoms with van der Waals surface area (Å²) in [5, 5.41) is 2.14. The Kier molecular flexibility index (Phi) is 7.52. The first-order chi connectivity index (χ1) is 28.9. The van der Waals surface area contributed by atoms with E-state index in [-0.39, 0.29) is 29.1 Å². The first-order valence-electron chi connectivity index (χ1n) is 20.7. The number of benzene rings is 6. The van der Waals surface area contributed by atoms with E-state index in [9.17, 15) is 2.74 Å². The summed E-state index contributed by atoms with van der Waals surface area (Å²) in [6, 6.07) is 46.5. The van der Waals surface area contributed by atoms with Crippen molar-refractivity contribution in [2.45, 2.75) is 52.4 Å². The Bertz CT molecular complexity index is 3030. The van der Waals surface area contributed by atoms with E-state index in [2.05, 4.69) is 70.4 Å². The highest BCUT2D eigenvalue weighted by atomic mass is 15.2. The zero-order valence-corrected chi connectivity index (χ0v) is 33.4. The molecular formula is C51H43N7. The molecule has 282 valence electrons. The van der Waals surface area contributed by atoms with Crippen molar-refractivity contribution >= 4 is 21.8 Å². The fraction of sp³-hybridized carbons (Fsp3) is 0.176. The highest BCUT2D eigenvalue weighted by molar-refractivity contribution is 6.09. The van der Waals surface area contributed by atoms with Crippen LogP contribution in [-0.4, -0.2) is 34.5 Å². The molecule has 0 bridgehead atoms. The van der Waals surface area contributed by atoms with Crippen molar-refractivity contribution in [1.29, 1.82) is 0 Å². The van der Waals surface area contributed by atoms with Crippen LogP contribution in [0.15, 0.2) is 152 Å². The van der Waals surface area contributed by atoms with Gasteiger partial charge in [-0.3, -0.25) is 4.57 Å². The molecule has 1 aliphatic carbocycles. The van der Waals surface area contributed by atoms with Crippen LogP contribution in [0.3, 0.4) is 0 Å². The summed E-state index contributed by atoms with van der Waals surface area (Å²) in [6.07, 6.45) is 0. The lowest BCUT2D eigenvalue weighted by Gasteiger charge is -2.44. The van der Waals surface area contributed by atoms with Crippen LogP contribution < -0.4 is 0 Å². The third-order valence-electron chi connectivity index (χ3n) is 13.0. The molecule has 7 nitrogen and oxygen atoms in total. The van der Waals surface area contributed by atoms with E-state index < -0.39 is 10.8 Å². The second-order valence-electron chi connectivity index (χ2n) is 16.7. The lowest BCUT2D eigenvalue weighted by molar-refractivity contribution is 0.125. The number of rotatable bonds is 6. The van der Waals surface area contributed by atoms with Gasteiger partial charge in [0.2, 0.25) is 5.95 Å². The van der Waals surface area contributed by atoms with Crippen LogP contribution in [0, 0.1) is 5.41 Å². The Morgan fingerprint density at radius 3 is 1.16 bits per heavy atom. The van der Waals surface area contributed by atoms with Gasteiger partial charge in [0.15, 0.2) is 29.1 Å². The van der Waals surface area contributed by atoms with Crippen LogP contribution in [0.1, 0.15) is 55.4 Å². The van der Waals surface area contributed by atoms with Crippen molar-refractivity contribution in [3.63, 3.8) is 0 Å².